The van der Waals surface area contributed by atoms with Crippen LogP contribution >= 0.6 is 0 Å². The normalized spacial score (nSPS) is 11.0. The third-order valence-corrected chi connectivity index (χ3v) is 4.10. The molecule has 0 fully saturated rings. The lowest BCUT2D eigenvalue weighted by molar-refractivity contribution is 0.669. The van der Waals surface area contributed by atoms with E-state index in [-0.39, 0.29) is 0 Å². The second kappa shape index (κ2) is 5.69. The Balaban J connectivity index is 1.70. The van der Waals surface area contributed by atoms with Crippen LogP contribution in [0.15, 0.2) is 71.1 Å². The summed E-state index contributed by atoms with van der Waals surface area (Å²) in [4.78, 5) is 0. The molecule has 3 aromatic carbocycles. The number of rotatable bonds is 4. The molecule has 1 heterocycles. The average molecular weight is 302 g/mol. The molecule has 4 rings (SSSR count). The van der Waals surface area contributed by atoms with Gasteiger partial charge in [0.1, 0.15) is 11.2 Å². The maximum absolute atomic E-state index is 5.91. The third kappa shape index (κ3) is 2.61. The van der Waals surface area contributed by atoms with Crippen LogP contribution in [0.1, 0.15) is 5.56 Å². The zero-order valence-electron chi connectivity index (χ0n) is 13.0. The van der Waals surface area contributed by atoms with Crippen LogP contribution < -0.4 is 10.6 Å². The van der Waals surface area contributed by atoms with Crippen LogP contribution in [0.3, 0.4) is 0 Å². The van der Waals surface area contributed by atoms with Gasteiger partial charge < -0.3 is 15.1 Å². The van der Waals surface area contributed by atoms with Crippen molar-refractivity contribution < 1.29 is 4.42 Å². The summed E-state index contributed by atoms with van der Waals surface area (Å²) in [6.07, 6.45) is 0. The van der Waals surface area contributed by atoms with Crippen molar-refractivity contribution in [2.75, 3.05) is 17.7 Å². The fourth-order valence-corrected chi connectivity index (χ4v) is 2.84. The first-order valence-corrected chi connectivity index (χ1v) is 7.75. The first-order valence-electron chi connectivity index (χ1n) is 7.75. The molecule has 3 nitrogen and oxygen atoms in total. The van der Waals surface area contributed by atoms with E-state index in [1.54, 1.807) is 0 Å². The van der Waals surface area contributed by atoms with Crippen molar-refractivity contribution in [2.24, 2.45) is 0 Å². The molecule has 0 saturated carbocycles. The van der Waals surface area contributed by atoms with Gasteiger partial charge in [-0.1, -0.05) is 30.3 Å². The number of furan rings is 1. The Morgan fingerprint density at radius 3 is 2.13 bits per heavy atom. The van der Waals surface area contributed by atoms with E-state index in [4.69, 9.17) is 4.42 Å². The molecule has 114 valence electrons. The summed E-state index contributed by atoms with van der Waals surface area (Å²) in [5.41, 5.74) is 5.28. The molecule has 0 bridgehead atoms. The van der Waals surface area contributed by atoms with Crippen molar-refractivity contribution >= 4 is 33.3 Å². The van der Waals surface area contributed by atoms with E-state index in [2.05, 4.69) is 53.1 Å². The number of fused-ring (bicyclic) bond motifs is 3. The molecular weight excluding hydrogens is 284 g/mol. The highest BCUT2D eigenvalue weighted by Gasteiger charge is 2.08. The predicted octanol–water partition coefficient (Wildman–Crippen LogP) is 5.24. The van der Waals surface area contributed by atoms with Gasteiger partial charge in [0, 0.05) is 35.7 Å². The van der Waals surface area contributed by atoms with E-state index in [0.29, 0.717) is 0 Å². The lowest BCUT2D eigenvalue weighted by atomic mass is 10.1. The predicted molar refractivity (Wildman–Crippen MR) is 97.0 cm³/mol. The number of hydrogen-bond donors (Lipinski definition) is 2. The van der Waals surface area contributed by atoms with Gasteiger partial charge in [-0.3, -0.25) is 0 Å². The van der Waals surface area contributed by atoms with Crippen molar-refractivity contribution in [3.05, 3.63) is 72.3 Å². The van der Waals surface area contributed by atoms with E-state index in [1.165, 1.54) is 5.56 Å². The average Bonchev–Trinajstić information content (AvgIpc) is 2.98. The molecule has 0 aliphatic rings. The van der Waals surface area contributed by atoms with Gasteiger partial charge >= 0.3 is 0 Å². The molecule has 0 spiro atoms. The molecule has 0 radical (unpaired) electrons. The number of anilines is 2. The number of hydrogen-bond acceptors (Lipinski definition) is 3. The molecule has 0 amide bonds. The third-order valence-electron chi connectivity index (χ3n) is 4.10. The maximum atomic E-state index is 5.91. The van der Waals surface area contributed by atoms with Crippen molar-refractivity contribution in [3.63, 3.8) is 0 Å². The fraction of sp³-hybridized carbons (Fsp3) is 0.100. The first-order chi connectivity index (χ1) is 11.3. The molecule has 4 aromatic rings. The second-order valence-electron chi connectivity index (χ2n) is 5.61. The highest BCUT2D eigenvalue weighted by molar-refractivity contribution is 6.07. The van der Waals surface area contributed by atoms with Crippen LogP contribution in [0.25, 0.3) is 21.9 Å². The number of benzene rings is 3. The number of nitrogens with one attached hydrogen (secondary N) is 2. The Kier molecular flexibility index (Phi) is 3.39. The van der Waals surface area contributed by atoms with Crippen LogP contribution in [0.4, 0.5) is 11.4 Å². The summed E-state index contributed by atoms with van der Waals surface area (Å²) in [5, 5.41) is 8.93. The van der Waals surface area contributed by atoms with Gasteiger partial charge in [0.15, 0.2) is 0 Å². The maximum Gasteiger partial charge on any atom is 0.135 e. The summed E-state index contributed by atoms with van der Waals surface area (Å²) in [6.45, 7) is 0.809. The monoisotopic (exact) mass is 302 g/mol. The Morgan fingerprint density at radius 1 is 0.783 bits per heavy atom. The van der Waals surface area contributed by atoms with Crippen LogP contribution in [0.5, 0.6) is 0 Å². The summed E-state index contributed by atoms with van der Waals surface area (Å²) in [7, 11) is 1.93. The molecule has 0 unspecified atom stereocenters. The Labute approximate surface area is 134 Å². The minimum Gasteiger partial charge on any atom is -0.456 e. The Hall–Kier alpha value is -2.94. The molecule has 0 aliphatic heterocycles. The van der Waals surface area contributed by atoms with Crippen LogP contribution in [-0.2, 0) is 6.54 Å². The fourth-order valence-electron chi connectivity index (χ4n) is 2.84. The zero-order chi connectivity index (χ0) is 15.6. The summed E-state index contributed by atoms with van der Waals surface area (Å²) in [6, 6.07) is 22.8. The highest BCUT2D eigenvalue weighted by Crippen LogP contribution is 2.32. The van der Waals surface area contributed by atoms with Crippen LogP contribution in [-0.4, -0.2) is 7.05 Å². The second-order valence-corrected chi connectivity index (χ2v) is 5.61. The van der Waals surface area contributed by atoms with E-state index in [0.717, 1.165) is 39.9 Å². The van der Waals surface area contributed by atoms with Gasteiger partial charge in [-0.25, -0.2) is 0 Å². The Bertz CT molecular complexity index is 957. The smallest absolute Gasteiger partial charge is 0.135 e. The molecular formula is C20H18N2O. The molecule has 1 aromatic heterocycles. The summed E-state index contributed by atoms with van der Waals surface area (Å²) >= 11 is 0. The Morgan fingerprint density at radius 2 is 1.43 bits per heavy atom. The van der Waals surface area contributed by atoms with Crippen molar-refractivity contribution in [3.8, 4) is 0 Å². The van der Waals surface area contributed by atoms with Gasteiger partial charge in [0.05, 0.1) is 0 Å². The van der Waals surface area contributed by atoms with E-state index < -0.39 is 0 Å². The lowest BCUT2D eigenvalue weighted by Crippen LogP contribution is -1.98. The molecule has 2 N–H and O–H groups in total. The molecule has 3 heteroatoms. The largest absolute Gasteiger partial charge is 0.456 e. The lowest BCUT2D eigenvalue weighted by Gasteiger charge is -2.06. The minimum atomic E-state index is 0.809. The summed E-state index contributed by atoms with van der Waals surface area (Å²) in [5.74, 6) is 0. The van der Waals surface area contributed by atoms with E-state index >= 15 is 0 Å². The SMILES string of the molecule is CNc1ccc2oc3ccc(NCc4ccccc4)cc3c2c1. The van der Waals surface area contributed by atoms with Gasteiger partial charge in [-0.15, -0.1) is 0 Å². The standard InChI is InChI=1S/C20H18N2O/c1-21-15-7-9-19-17(11-15)18-12-16(8-10-20(18)23-19)22-13-14-5-3-2-4-6-14/h2-12,21-22H,13H2,1H3. The van der Waals surface area contributed by atoms with Crippen molar-refractivity contribution in [1.29, 1.82) is 0 Å². The first kappa shape index (κ1) is 13.7. The molecule has 0 atom stereocenters. The van der Waals surface area contributed by atoms with Gasteiger partial charge in [-0.2, -0.15) is 0 Å². The molecule has 0 aliphatic carbocycles. The van der Waals surface area contributed by atoms with Crippen molar-refractivity contribution in [2.45, 2.75) is 6.54 Å². The quantitative estimate of drug-likeness (QED) is 0.541. The van der Waals surface area contributed by atoms with Gasteiger partial charge in [-0.05, 0) is 42.0 Å². The topological polar surface area (TPSA) is 37.2 Å². The van der Waals surface area contributed by atoms with Gasteiger partial charge in [0.25, 0.3) is 0 Å². The summed E-state index contributed by atoms with van der Waals surface area (Å²) < 4.78 is 5.91. The van der Waals surface area contributed by atoms with Crippen molar-refractivity contribution in [1.82, 2.24) is 0 Å². The van der Waals surface area contributed by atoms with E-state index in [9.17, 15) is 0 Å². The molecule has 0 saturated heterocycles. The van der Waals surface area contributed by atoms with Gasteiger partial charge in [0.2, 0.25) is 0 Å². The van der Waals surface area contributed by atoms with Crippen LogP contribution in [0.2, 0.25) is 0 Å². The zero-order valence-corrected chi connectivity index (χ0v) is 13.0. The van der Waals surface area contributed by atoms with Crippen LogP contribution in [0, 0.1) is 0 Å². The molecule has 23 heavy (non-hydrogen) atoms. The highest BCUT2D eigenvalue weighted by atomic mass is 16.3. The minimum absolute atomic E-state index is 0.809. The van der Waals surface area contributed by atoms with E-state index in [1.807, 2.05) is 31.3 Å².